The van der Waals surface area contributed by atoms with Crippen LogP contribution >= 0.6 is 12.2 Å². The second-order valence-corrected chi connectivity index (χ2v) is 5.74. The van der Waals surface area contributed by atoms with Crippen LogP contribution in [0.15, 0.2) is 23.0 Å². The number of hydrogen-bond acceptors (Lipinski definition) is 5. The number of H-pyrrole nitrogens is 2. The molecule has 0 saturated carbocycles. The molecule has 3 rings (SSSR count). The van der Waals surface area contributed by atoms with Gasteiger partial charge < -0.3 is 14.8 Å². The molecule has 7 heteroatoms. The molecule has 1 aliphatic heterocycles. The molecule has 3 N–H and O–H groups in total. The van der Waals surface area contributed by atoms with Crippen LogP contribution in [0, 0.1) is 4.77 Å². The molecule has 0 aliphatic carbocycles. The van der Waals surface area contributed by atoms with Gasteiger partial charge in [0.2, 0.25) is 0 Å². The molecule has 0 unspecified atom stereocenters. The number of aromatic hydroxyl groups is 1. The van der Waals surface area contributed by atoms with E-state index in [1.54, 1.807) is 12.1 Å². The van der Waals surface area contributed by atoms with Gasteiger partial charge in [0, 0.05) is 30.9 Å². The quantitative estimate of drug-likeness (QED) is 0.750. The minimum atomic E-state index is -0.0968. The number of rotatable bonds is 3. The number of ether oxygens (including phenoxy) is 1. The molecule has 116 valence electrons. The average molecular weight is 319 g/mol. The number of nitrogens with one attached hydrogen (secondary N) is 2. The molecule has 2 aromatic rings. The second kappa shape index (κ2) is 5.94. The van der Waals surface area contributed by atoms with Crippen molar-refractivity contribution < 1.29 is 9.84 Å². The first-order valence-corrected chi connectivity index (χ1v) is 7.40. The molecule has 6 nitrogen and oxygen atoms in total. The Bertz CT molecular complexity index is 812. The topological polar surface area (TPSA) is 81.3 Å². The first kappa shape index (κ1) is 14.8. The largest absolute Gasteiger partial charge is 0.504 e. The smallest absolute Gasteiger partial charge is 0.255 e. The fourth-order valence-corrected chi connectivity index (χ4v) is 2.97. The molecule has 0 saturated heterocycles. The van der Waals surface area contributed by atoms with Gasteiger partial charge >= 0.3 is 0 Å². The number of fused-ring (bicyclic) bond motifs is 1. The lowest BCUT2D eigenvalue weighted by Gasteiger charge is -2.27. The van der Waals surface area contributed by atoms with Crippen molar-refractivity contribution in [2.75, 3.05) is 13.7 Å². The lowest BCUT2D eigenvalue weighted by atomic mass is 10.1. The summed E-state index contributed by atoms with van der Waals surface area (Å²) in [5, 5.41) is 9.84. The summed E-state index contributed by atoms with van der Waals surface area (Å²) in [5.74, 6) is 0.594. The van der Waals surface area contributed by atoms with Gasteiger partial charge in [-0.3, -0.25) is 14.7 Å². The van der Waals surface area contributed by atoms with Crippen LogP contribution in [-0.4, -0.2) is 33.6 Å². The maximum atomic E-state index is 11.9. The Morgan fingerprint density at radius 3 is 2.95 bits per heavy atom. The van der Waals surface area contributed by atoms with Crippen LogP contribution in [-0.2, 0) is 19.5 Å². The van der Waals surface area contributed by atoms with Crippen LogP contribution in [0.2, 0.25) is 0 Å². The number of phenolic OH excluding ortho intramolecular Hbond substituents is 1. The number of aromatic amines is 2. The monoisotopic (exact) mass is 319 g/mol. The molecular weight excluding hydrogens is 302 g/mol. The van der Waals surface area contributed by atoms with Gasteiger partial charge in [0.1, 0.15) is 0 Å². The molecule has 0 spiro atoms. The third kappa shape index (κ3) is 2.90. The van der Waals surface area contributed by atoms with Crippen molar-refractivity contribution in [3.05, 3.63) is 50.1 Å². The minimum Gasteiger partial charge on any atom is -0.504 e. The third-order valence-corrected chi connectivity index (χ3v) is 4.04. The van der Waals surface area contributed by atoms with Gasteiger partial charge in [0.25, 0.3) is 5.56 Å². The van der Waals surface area contributed by atoms with Gasteiger partial charge in [0.05, 0.1) is 7.11 Å². The summed E-state index contributed by atoms with van der Waals surface area (Å²) in [6.07, 6.45) is 0.679. The predicted molar refractivity (Wildman–Crippen MR) is 84.7 cm³/mol. The number of benzene rings is 1. The normalized spacial score (nSPS) is 14.6. The van der Waals surface area contributed by atoms with E-state index in [0.717, 1.165) is 23.4 Å². The van der Waals surface area contributed by atoms with Crippen molar-refractivity contribution in [1.29, 1.82) is 0 Å². The minimum absolute atomic E-state index is 0.0968. The standard InChI is InChI=1S/C15H17N3O3S/c1-21-13-3-2-9(6-12(13)19)7-18-5-4-10-11(8-18)16-15(22)17-14(10)20/h2-3,6,19H,4-5,7-8H2,1H3,(H2,16,17,20,22). The Kier molecular flexibility index (Phi) is 4.00. The van der Waals surface area contributed by atoms with E-state index in [1.165, 1.54) is 7.11 Å². The maximum Gasteiger partial charge on any atom is 0.255 e. The van der Waals surface area contributed by atoms with Crippen molar-refractivity contribution in [3.63, 3.8) is 0 Å². The Morgan fingerprint density at radius 2 is 2.23 bits per heavy atom. The molecule has 1 aliphatic rings. The summed E-state index contributed by atoms with van der Waals surface area (Å²) < 4.78 is 5.40. The zero-order valence-corrected chi connectivity index (χ0v) is 13.0. The summed E-state index contributed by atoms with van der Waals surface area (Å²) in [6, 6.07) is 5.38. The highest BCUT2D eigenvalue weighted by Gasteiger charge is 2.19. The van der Waals surface area contributed by atoms with Gasteiger partial charge in [-0.2, -0.15) is 0 Å². The van der Waals surface area contributed by atoms with Crippen LogP contribution in [0.4, 0.5) is 0 Å². The van der Waals surface area contributed by atoms with Crippen molar-refractivity contribution in [2.24, 2.45) is 0 Å². The first-order chi connectivity index (χ1) is 10.6. The molecule has 22 heavy (non-hydrogen) atoms. The zero-order valence-electron chi connectivity index (χ0n) is 12.2. The van der Waals surface area contributed by atoms with Crippen molar-refractivity contribution in [3.8, 4) is 11.5 Å². The fourth-order valence-electron chi connectivity index (χ4n) is 2.76. The Hall–Kier alpha value is -2.12. The molecule has 0 atom stereocenters. The number of nitrogens with zero attached hydrogens (tertiary/aromatic N) is 1. The van der Waals surface area contributed by atoms with Gasteiger partial charge in [-0.25, -0.2) is 0 Å². The van der Waals surface area contributed by atoms with E-state index in [4.69, 9.17) is 17.0 Å². The number of methoxy groups -OCH3 is 1. The van der Waals surface area contributed by atoms with E-state index in [-0.39, 0.29) is 11.3 Å². The van der Waals surface area contributed by atoms with Gasteiger partial charge in [-0.05, 0) is 36.3 Å². The van der Waals surface area contributed by atoms with E-state index in [2.05, 4.69) is 14.9 Å². The fraction of sp³-hybridized carbons (Fsp3) is 0.333. The highest BCUT2D eigenvalue weighted by atomic mass is 32.1. The average Bonchev–Trinajstić information content (AvgIpc) is 2.47. The molecular formula is C15H17N3O3S. The summed E-state index contributed by atoms with van der Waals surface area (Å²) >= 11 is 5.02. The summed E-state index contributed by atoms with van der Waals surface area (Å²) in [5.41, 5.74) is 2.55. The summed E-state index contributed by atoms with van der Waals surface area (Å²) in [7, 11) is 1.52. The van der Waals surface area contributed by atoms with E-state index in [0.29, 0.717) is 30.0 Å². The Morgan fingerprint density at radius 1 is 1.41 bits per heavy atom. The number of phenols is 1. The Balaban J connectivity index is 1.79. The number of hydrogen-bond donors (Lipinski definition) is 3. The van der Waals surface area contributed by atoms with Crippen molar-refractivity contribution >= 4 is 12.2 Å². The number of aromatic nitrogens is 2. The predicted octanol–water partition coefficient (Wildman–Crippen LogP) is 1.70. The third-order valence-electron chi connectivity index (χ3n) is 3.84. The SMILES string of the molecule is COc1ccc(CN2CCc3c([nH]c(=S)[nH]c3=O)C2)cc1O. The van der Waals surface area contributed by atoms with Crippen LogP contribution in [0.1, 0.15) is 16.8 Å². The highest BCUT2D eigenvalue weighted by Crippen LogP contribution is 2.27. The van der Waals surface area contributed by atoms with E-state index in [9.17, 15) is 9.90 Å². The van der Waals surface area contributed by atoms with Crippen molar-refractivity contribution in [1.82, 2.24) is 14.9 Å². The van der Waals surface area contributed by atoms with Crippen LogP contribution in [0.3, 0.4) is 0 Å². The van der Waals surface area contributed by atoms with E-state index >= 15 is 0 Å². The Labute approximate surface area is 132 Å². The molecule has 0 fully saturated rings. The lowest BCUT2D eigenvalue weighted by molar-refractivity contribution is 0.240. The summed E-state index contributed by atoms with van der Waals surface area (Å²) in [4.78, 5) is 19.7. The van der Waals surface area contributed by atoms with Gasteiger partial charge in [-0.1, -0.05) is 6.07 Å². The van der Waals surface area contributed by atoms with Crippen molar-refractivity contribution in [2.45, 2.75) is 19.5 Å². The molecule has 1 aromatic heterocycles. The molecule has 1 aromatic carbocycles. The van der Waals surface area contributed by atoms with E-state index < -0.39 is 0 Å². The summed E-state index contributed by atoms with van der Waals surface area (Å²) in [6.45, 7) is 2.10. The molecule has 2 heterocycles. The van der Waals surface area contributed by atoms with Crippen LogP contribution < -0.4 is 10.3 Å². The zero-order chi connectivity index (χ0) is 15.7. The molecule has 0 bridgehead atoms. The maximum absolute atomic E-state index is 11.9. The van der Waals surface area contributed by atoms with E-state index in [1.807, 2.05) is 6.07 Å². The van der Waals surface area contributed by atoms with Crippen LogP contribution in [0.5, 0.6) is 11.5 Å². The second-order valence-electron chi connectivity index (χ2n) is 5.33. The first-order valence-electron chi connectivity index (χ1n) is 6.99. The molecule has 0 amide bonds. The van der Waals surface area contributed by atoms with Gasteiger partial charge in [0.15, 0.2) is 16.3 Å². The van der Waals surface area contributed by atoms with Crippen LogP contribution in [0.25, 0.3) is 0 Å². The van der Waals surface area contributed by atoms with Gasteiger partial charge in [-0.15, -0.1) is 0 Å². The highest BCUT2D eigenvalue weighted by molar-refractivity contribution is 7.71. The lowest BCUT2D eigenvalue weighted by Crippen LogP contribution is -2.34. The molecule has 0 radical (unpaired) electrons.